The van der Waals surface area contributed by atoms with Gasteiger partial charge in [-0.3, -0.25) is 39.1 Å². The summed E-state index contributed by atoms with van der Waals surface area (Å²) in [5, 5.41) is 23.4. The van der Waals surface area contributed by atoms with Crippen LogP contribution in [0.5, 0.6) is 5.75 Å². The molecule has 1 aromatic heterocycles. The Morgan fingerprint density at radius 2 is 1.64 bits per heavy atom. The van der Waals surface area contributed by atoms with E-state index in [1.54, 1.807) is 24.3 Å². The number of nitriles is 1. The molecule has 0 radical (unpaired) electrons. The molecule has 5 heterocycles. The van der Waals surface area contributed by atoms with Crippen LogP contribution in [-0.4, -0.2) is 114 Å². The van der Waals surface area contributed by atoms with Crippen LogP contribution < -0.4 is 25.2 Å². The molecule has 17 heteroatoms. The highest BCUT2D eigenvalue weighted by atomic mass is 35.5. The number of carbonyl (C=O) groups is 5. The number of carbonyl (C=O) groups excluding carboxylic acids is 5. The maximum Gasteiger partial charge on any atom is 0.272 e. The summed E-state index contributed by atoms with van der Waals surface area (Å²) in [4.78, 5) is 70.8. The Morgan fingerprint density at radius 1 is 0.914 bits per heavy atom. The molecule has 3 aromatic rings. The number of ether oxygens (including phenoxy) is 1. The fourth-order valence-corrected chi connectivity index (χ4v) is 9.56. The SMILES string of the molecule is N#Cc1ccc(OC2CCC(NC(=O)c3ccc(N4C[C@@H]5[C@@H](CN6CCN(c7cc8c(cc7F)C(=O)N(C7CCC(=O)NC7=O)C8=O)CC6)[C@@H]5C4)nn3)CC2)cc1Cl. The number of amides is 5. The smallest absolute Gasteiger partial charge is 0.272 e. The molecule has 9 rings (SSSR count). The third-order valence-corrected chi connectivity index (χ3v) is 13.0. The number of anilines is 2. The molecule has 5 fully saturated rings. The summed E-state index contributed by atoms with van der Waals surface area (Å²) in [6.45, 7) is 5.26. The summed E-state index contributed by atoms with van der Waals surface area (Å²) in [6, 6.07) is 12.1. The molecular weight excluding hydrogens is 769 g/mol. The number of aromatic nitrogens is 2. The molecule has 2 saturated carbocycles. The Kier molecular flexibility index (Phi) is 9.97. The van der Waals surface area contributed by atoms with Crippen molar-refractivity contribution in [2.45, 2.75) is 56.7 Å². The van der Waals surface area contributed by atoms with Gasteiger partial charge >= 0.3 is 0 Å². The first kappa shape index (κ1) is 37.9. The van der Waals surface area contributed by atoms with Crippen LogP contribution in [0.3, 0.4) is 0 Å². The monoisotopic (exact) mass is 809 g/mol. The van der Waals surface area contributed by atoms with Crippen molar-refractivity contribution in [2.24, 2.45) is 17.8 Å². The molecule has 1 unspecified atom stereocenters. The number of imide groups is 2. The lowest BCUT2D eigenvalue weighted by Gasteiger charge is -2.36. The van der Waals surface area contributed by atoms with Crippen molar-refractivity contribution >= 4 is 52.6 Å². The van der Waals surface area contributed by atoms with Crippen molar-refractivity contribution in [3.8, 4) is 11.8 Å². The molecule has 0 bridgehead atoms. The fraction of sp³-hybridized carbons (Fsp3) is 0.463. The Balaban J connectivity index is 0.712. The number of hydrogen-bond donors (Lipinski definition) is 2. The van der Waals surface area contributed by atoms with E-state index >= 15 is 4.39 Å². The summed E-state index contributed by atoms with van der Waals surface area (Å²) < 4.78 is 21.5. The zero-order chi connectivity index (χ0) is 40.2. The first-order valence-electron chi connectivity index (χ1n) is 19.8. The van der Waals surface area contributed by atoms with Crippen LogP contribution in [0.15, 0.2) is 42.5 Å². The van der Waals surface area contributed by atoms with Gasteiger partial charge in [0, 0.05) is 64.3 Å². The number of nitrogens with one attached hydrogen (secondary N) is 2. The van der Waals surface area contributed by atoms with E-state index in [1.807, 2.05) is 17.0 Å². The van der Waals surface area contributed by atoms with Crippen molar-refractivity contribution < 1.29 is 33.1 Å². The molecule has 0 spiro atoms. The second-order valence-electron chi connectivity index (χ2n) is 16.1. The van der Waals surface area contributed by atoms with Gasteiger partial charge < -0.3 is 19.9 Å². The van der Waals surface area contributed by atoms with Crippen LogP contribution in [0.4, 0.5) is 15.9 Å². The zero-order valence-corrected chi connectivity index (χ0v) is 32.3. The van der Waals surface area contributed by atoms with Gasteiger partial charge in [-0.25, -0.2) is 4.39 Å². The number of piperazine rings is 1. The molecule has 2 aliphatic carbocycles. The Morgan fingerprint density at radius 3 is 2.29 bits per heavy atom. The quantitative estimate of drug-likeness (QED) is 0.302. The van der Waals surface area contributed by atoms with Gasteiger partial charge in [-0.1, -0.05) is 11.6 Å². The second kappa shape index (κ2) is 15.3. The summed E-state index contributed by atoms with van der Waals surface area (Å²) >= 11 is 6.14. The molecule has 4 atom stereocenters. The first-order valence-corrected chi connectivity index (χ1v) is 20.2. The third-order valence-electron chi connectivity index (χ3n) is 12.6. The number of benzene rings is 2. The number of nitrogens with zero attached hydrogens (tertiary/aromatic N) is 7. The van der Waals surface area contributed by atoms with Gasteiger partial charge in [0.15, 0.2) is 11.5 Å². The van der Waals surface area contributed by atoms with Gasteiger partial charge in [0.25, 0.3) is 17.7 Å². The standard InChI is InChI=1S/C41H41ClFN9O6/c42-31-15-25(4-1-22(31)18-44)58-24-5-2-23(3-6-24)45-38(54)33-7-9-36(48-47-33)51-20-29-28(30(29)21-51)19-49-11-13-50(14-12-49)35-17-27-26(16-32(35)43)40(56)52(41(27)57)34-8-10-37(53)46-39(34)55/h1,4,7,9,15-17,23-24,28-30,34H,2-3,5-6,8,10-14,19-21H2,(H,45,54)(H,46,53,55)/t23?,24?,28-,29-,30+,34?. The van der Waals surface area contributed by atoms with E-state index in [9.17, 15) is 24.0 Å². The highest BCUT2D eigenvalue weighted by Gasteiger charge is 2.56. The minimum absolute atomic E-state index is 0.00726. The van der Waals surface area contributed by atoms with Gasteiger partial charge in [0.1, 0.15) is 23.7 Å². The molecule has 2 aromatic carbocycles. The van der Waals surface area contributed by atoms with E-state index < -0.39 is 35.5 Å². The normalized spacial score (nSPS) is 26.9. The third kappa shape index (κ3) is 7.21. The van der Waals surface area contributed by atoms with E-state index in [0.29, 0.717) is 47.2 Å². The van der Waals surface area contributed by atoms with Gasteiger partial charge in [0.05, 0.1) is 33.5 Å². The molecular formula is C41H41ClFN9O6. The molecule has 58 heavy (non-hydrogen) atoms. The largest absolute Gasteiger partial charge is 0.490 e. The van der Waals surface area contributed by atoms with Crippen LogP contribution in [0.1, 0.15) is 75.3 Å². The summed E-state index contributed by atoms with van der Waals surface area (Å²) in [5.74, 6) is -0.341. The lowest BCUT2D eigenvalue weighted by atomic mass is 9.93. The highest BCUT2D eigenvalue weighted by Crippen LogP contribution is 2.52. The minimum atomic E-state index is -1.10. The Bertz CT molecular complexity index is 2230. The molecule has 15 nitrogen and oxygen atoms in total. The maximum atomic E-state index is 15.4. The summed E-state index contributed by atoms with van der Waals surface area (Å²) in [5.41, 5.74) is 0.950. The molecule has 5 amide bonds. The van der Waals surface area contributed by atoms with Crippen LogP contribution in [0.2, 0.25) is 5.02 Å². The Labute approximate surface area is 338 Å². The Hall–Kier alpha value is -5.66. The van der Waals surface area contributed by atoms with Crippen LogP contribution >= 0.6 is 11.6 Å². The van der Waals surface area contributed by atoms with Crippen LogP contribution in [-0.2, 0) is 9.59 Å². The van der Waals surface area contributed by atoms with Crippen LogP contribution in [0, 0.1) is 34.9 Å². The second-order valence-corrected chi connectivity index (χ2v) is 16.5. The van der Waals surface area contributed by atoms with Gasteiger partial charge in [-0.05, 0) is 86.3 Å². The van der Waals surface area contributed by atoms with Crippen molar-refractivity contribution in [1.29, 1.82) is 5.26 Å². The number of halogens is 2. The van der Waals surface area contributed by atoms with Crippen LogP contribution in [0.25, 0.3) is 0 Å². The molecule has 6 aliphatic rings. The lowest BCUT2D eigenvalue weighted by molar-refractivity contribution is -0.136. The summed E-state index contributed by atoms with van der Waals surface area (Å²) in [6.07, 6.45) is 3.16. The van der Waals surface area contributed by atoms with E-state index in [1.165, 1.54) is 6.07 Å². The predicted molar refractivity (Wildman–Crippen MR) is 207 cm³/mol. The van der Waals surface area contributed by atoms with Crippen molar-refractivity contribution in [1.82, 2.24) is 30.6 Å². The van der Waals surface area contributed by atoms with Crippen molar-refractivity contribution in [3.05, 3.63) is 75.7 Å². The number of hydrogen-bond acceptors (Lipinski definition) is 12. The molecule has 3 saturated heterocycles. The number of rotatable bonds is 9. The van der Waals surface area contributed by atoms with E-state index in [-0.39, 0.29) is 53.4 Å². The minimum Gasteiger partial charge on any atom is -0.490 e. The molecule has 300 valence electrons. The molecule has 2 N–H and O–H groups in total. The highest BCUT2D eigenvalue weighted by molar-refractivity contribution is 6.31. The fourth-order valence-electron chi connectivity index (χ4n) is 9.35. The van der Waals surface area contributed by atoms with E-state index in [4.69, 9.17) is 21.6 Å². The van der Waals surface area contributed by atoms with E-state index in [2.05, 4.69) is 30.6 Å². The number of fused-ring (bicyclic) bond motifs is 2. The van der Waals surface area contributed by atoms with E-state index in [0.717, 1.165) is 75.2 Å². The zero-order valence-electron chi connectivity index (χ0n) is 31.5. The predicted octanol–water partition coefficient (Wildman–Crippen LogP) is 3.17. The van der Waals surface area contributed by atoms with Gasteiger partial charge in [-0.2, -0.15) is 5.26 Å². The maximum absolute atomic E-state index is 15.4. The average Bonchev–Trinajstić information content (AvgIpc) is 3.52. The lowest BCUT2D eigenvalue weighted by Crippen LogP contribution is -2.54. The topological polar surface area (TPSA) is 181 Å². The first-order chi connectivity index (χ1) is 28.0. The molecule has 4 aliphatic heterocycles. The van der Waals surface area contributed by atoms with Gasteiger partial charge in [-0.15, -0.1) is 10.2 Å². The average molecular weight is 810 g/mol. The van der Waals surface area contributed by atoms with Crippen molar-refractivity contribution in [2.75, 3.05) is 55.6 Å². The number of piperidine rings is 2. The summed E-state index contributed by atoms with van der Waals surface area (Å²) in [7, 11) is 0. The van der Waals surface area contributed by atoms with Gasteiger partial charge in [0.2, 0.25) is 11.8 Å². The van der Waals surface area contributed by atoms with Crippen molar-refractivity contribution in [3.63, 3.8) is 0 Å².